The number of hydrogen-bond donors (Lipinski definition) is 2. The molecule has 1 amide bonds. The maximum absolute atomic E-state index is 13.5. The van der Waals surface area contributed by atoms with Crippen LogP contribution >= 0.6 is 0 Å². The van der Waals surface area contributed by atoms with E-state index in [4.69, 9.17) is 4.42 Å². The van der Waals surface area contributed by atoms with E-state index >= 15 is 0 Å². The third-order valence-electron chi connectivity index (χ3n) is 4.72. The Morgan fingerprint density at radius 3 is 2.75 bits per heavy atom. The molecule has 0 atom stereocenters. The highest BCUT2D eigenvalue weighted by molar-refractivity contribution is 7.93. The predicted octanol–water partition coefficient (Wildman–Crippen LogP) is 3.38. The van der Waals surface area contributed by atoms with Gasteiger partial charge in [-0.3, -0.25) is 9.10 Å². The van der Waals surface area contributed by atoms with Crippen LogP contribution in [0.5, 0.6) is 5.75 Å². The molecule has 0 bridgehead atoms. The number of fused-ring (bicyclic) bond motifs is 1. The Morgan fingerprint density at radius 1 is 1.25 bits per heavy atom. The Bertz CT molecular complexity index is 1200. The van der Waals surface area contributed by atoms with Gasteiger partial charge in [0.05, 0.1) is 17.1 Å². The van der Waals surface area contributed by atoms with Crippen molar-refractivity contribution < 1.29 is 27.1 Å². The number of carbonyl (C=O) groups is 1. The summed E-state index contributed by atoms with van der Waals surface area (Å²) in [7, 11) is -3.39. The third kappa shape index (κ3) is 3.07. The van der Waals surface area contributed by atoms with Crippen LogP contribution in [-0.4, -0.2) is 31.7 Å². The van der Waals surface area contributed by atoms with E-state index in [1.54, 1.807) is 6.92 Å². The normalized spacial score (nSPS) is 15.9. The average molecular weight is 404 g/mol. The molecule has 0 radical (unpaired) electrons. The highest BCUT2D eigenvalue weighted by Crippen LogP contribution is 2.33. The molecule has 1 aromatic heterocycles. The van der Waals surface area contributed by atoms with E-state index in [1.807, 2.05) is 0 Å². The number of halogens is 1. The zero-order valence-corrected chi connectivity index (χ0v) is 15.7. The second kappa shape index (κ2) is 6.52. The first-order chi connectivity index (χ1) is 13.3. The van der Waals surface area contributed by atoms with Crippen LogP contribution in [-0.2, 0) is 10.0 Å². The molecule has 0 spiro atoms. The minimum atomic E-state index is -3.39. The first-order valence-corrected chi connectivity index (χ1v) is 10.2. The molecule has 146 valence electrons. The van der Waals surface area contributed by atoms with E-state index in [-0.39, 0.29) is 22.9 Å². The number of aromatic hydroxyl groups is 1. The Labute approximate surface area is 160 Å². The van der Waals surface area contributed by atoms with Crippen LogP contribution in [0.3, 0.4) is 0 Å². The van der Waals surface area contributed by atoms with Gasteiger partial charge >= 0.3 is 0 Å². The number of nitrogens with zero attached hydrogens (tertiary/aromatic N) is 1. The number of rotatable bonds is 3. The lowest BCUT2D eigenvalue weighted by Crippen LogP contribution is -2.25. The summed E-state index contributed by atoms with van der Waals surface area (Å²) in [6, 6.07) is 8.14. The van der Waals surface area contributed by atoms with Gasteiger partial charge in [0.1, 0.15) is 17.1 Å². The number of furan rings is 1. The molecule has 2 N–H and O–H groups in total. The van der Waals surface area contributed by atoms with E-state index in [9.17, 15) is 22.7 Å². The lowest BCUT2D eigenvalue weighted by Gasteiger charge is -2.18. The fraction of sp³-hybridized carbons (Fsp3) is 0.211. The van der Waals surface area contributed by atoms with Crippen molar-refractivity contribution in [1.29, 1.82) is 0 Å². The van der Waals surface area contributed by atoms with Crippen molar-refractivity contribution in [3.8, 4) is 5.75 Å². The number of sulfonamides is 1. The zero-order chi connectivity index (χ0) is 20.1. The minimum Gasteiger partial charge on any atom is -0.506 e. The molecular weight excluding hydrogens is 387 g/mol. The van der Waals surface area contributed by atoms with Crippen LogP contribution < -0.4 is 9.62 Å². The zero-order valence-electron chi connectivity index (χ0n) is 14.9. The second-order valence-electron chi connectivity index (χ2n) is 6.59. The van der Waals surface area contributed by atoms with E-state index in [0.717, 1.165) is 0 Å². The fourth-order valence-corrected chi connectivity index (χ4v) is 4.85. The Kier molecular flexibility index (Phi) is 4.26. The fourth-order valence-electron chi connectivity index (χ4n) is 3.30. The lowest BCUT2D eigenvalue weighted by molar-refractivity contribution is 0.0997. The van der Waals surface area contributed by atoms with Crippen molar-refractivity contribution in [2.75, 3.05) is 21.9 Å². The quantitative estimate of drug-likeness (QED) is 0.652. The summed E-state index contributed by atoms with van der Waals surface area (Å²) in [5.41, 5.74) is 1.24. The molecule has 2 heterocycles. The lowest BCUT2D eigenvalue weighted by atomic mass is 10.1. The average Bonchev–Trinajstić information content (AvgIpc) is 3.16. The highest BCUT2D eigenvalue weighted by atomic mass is 32.2. The van der Waals surface area contributed by atoms with Gasteiger partial charge in [-0.05, 0) is 49.7 Å². The first-order valence-electron chi connectivity index (χ1n) is 8.60. The van der Waals surface area contributed by atoms with Gasteiger partial charge in [0.25, 0.3) is 5.91 Å². The molecule has 9 heteroatoms. The third-order valence-corrected chi connectivity index (χ3v) is 6.59. The molecule has 7 nitrogen and oxygen atoms in total. The van der Waals surface area contributed by atoms with Gasteiger partial charge < -0.3 is 14.8 Å². The van der Waals surface area contributed by atoms with Crippen LogP contribution in [0.4, 0.5) is 15.8 Å². The maximum atomic E-state index is 13.5. The molecule has 1 fully saturated rings. The Morgan fingerprint density at radius 2 is 2.04 bits per heavy atom. The van der Waals surface area contributed by atoms with E-state index in [2.05, 4.69) is 5.32 Å². The highest BCUT2D eigenvalue weighted by Gasteiger charge is 2.29. The van der Waals surface area contributed by atoms with Crippen molar-refractivity contribution in [1.82, 2.24) is 0 Å². The SMILES string of the molecule is Cc1c(C(=O)Nc2cc(N3CCCS3(=O)=O)ccc2O)oc2ccc(F)cc12. The number of hydrogen-bond acceptors (Lipinski definition) is 5. The van der Waals surface area contributed by atoms with Crippen molar-refractivity contribution in [3.63, 3.8) is 0 Å². The number of anilines is 2. The summed E-state index contributed by atoms with van der Waals surface area (Å²) in [6.45, 7) is 1.97. The van der Waals surface area contributed by atoms with Gasteiger partial charge in [0.15, 0.2) is 5.76 Å². The van der Waals surface area contributed by atoms with Crippen molar-refractivity contribution in [2.24, 2.45) is 0 Å². The summed E-state index contributed by atoms with van der Waals surface area (Å²) >= 11 is 0. The summed E-state index contributed by atoms with van der Waals surface area (Å²) < 4.78 is 44.4. The summed E-state index contributed by atoms with van der Waals surface area (Å²) in [6.07, 6.45) is 0.514. The Hall–Kier alpha value is -3.07. The van der Waals surface area contributed by atoms with Gasteiger partial charge in [-0.15, -0.1) is 0 Å². The molecule has 4 rings (SSSR count). The smallest absolute Gasteiger partial charge is 0.291 e. The van der Waals surface area contributed by atoms with E-state index < -0.39 is 21.7 Å². The molecule has 2 aromatic carbocycles. The summed E-state index contributed by atoms with van der Waals surface area (Å²) in [5, 5.41) is 13.1. The molecular formula is C19H17FN2O5S. The molecule has 0 aliphatic carbocycles. The molecule has 1 saturated heterocycles. The number of benzene rings is 2. The van der Waals surface area contributed by atoms with Gasteiger partial charge in [-0.2, -0.15) is 0 Å². The standard InChI is InChI=1S/C19H17FN2O5S/c1-11-14-9-12(20)3-6-17(14)27-18(11)19(24)21-15-10-13(4-5-16(15)23)22-7-2-8-28(22,25)26/h3-6,9-10,23H,2,7-8H2,1H3,(H,21,24). The first kappa shape index (κ1) is 18.3. The van der Waals surface area contributed by atoms with Crippen LogP contribution in [0.15, 0.2) is 40.8 Å². The molecule has 0 saturated carbocycles. The maximum Gasteiger partial charge on any atom is 0.291 e. The van der Waals surface area contributed by atoms with Gasteiger partial charge in [0.2, 0.25) is 10.0 Å². The predicted molar refractivity (Wildman–Crippen MR) is 103 cm³/mol. The number of phenols is 1. The summed E-state index contributed by atoms with van der Waals surface area (Å²) in [4.78, 5) is 12.7. The number of amides is 1. The van der Waals surface area contributed by atoms with Gasteiger partial charge in [0, 0.05) is 17.5 Å². The van der Waals surface area contributed by atoms with Crippen LogP contribution in [0.1, 0.15) is 22.5 Å². The largest absolute Gasteiger partial charge is 0.506 e. The van der Waals surface area contributed by atoms with Crippen molar-refractivity contribution >= 4 is 38.3 Å². The van der Waals surface area contributed by atoms with Crippen LogP contribution in [0.2, 0.25) is 0 Å². The van der Waals surface area contributed by atoms with Gasteiger partial charge in [-0.25, -0.2) is 12.8 Å². The van der Waals surface area contributed by atoms with E-state index in [1.165, 1.54) is 40.7 Å². The molecule has 1 aliphatic rings. The van der Waals surface area contributed by atoms with Crippen molar-refractivity contribution in [2.45, 2.75) is 13.3 Å². The van der Waals surface area contributed by atoms with Crippen LogP contribution in [0, 0.1) is 12.7 Å². The molecule has 28 heavy (non-hydrogen) atoms. The van der Waals surface area contributed by atoms with Crippen molar-refractivity contribution in [3.05, 3.63) is 53.5 Å². The number of aryl methyl sites for hydroxylation is 1. The van der Waals surface area contributed by atoms with Crippen LogP contribution in [0.25, 0.3) is 11.0 Å². The summed E-state index contributed by atoms with van der Waals surface area (Å²) in [5.74, 6) is -1.25. The van der Waals surface area contributed by atoms with E-state index in [0.29, 0.717) is 35.2 Å². The second-order valence-corrected chi connectivity index (χ2v) is 8.61. The minimum absolute atomic E-state index is 0.0146. The molecule has 0 unspecified atom stereocenters. The number of phenolic OH excluding ortho intramolecular Hbond substituents is 1. The molecule has 3 aromatic rings. The topological polar surface area (TPSA) is 99.9 Å². The molecule has 1 aliphatic heterocycles. The number of carbonyl (C=O) groups excluding carboxylic acids is 1. The monoisotopic (exact) mass is 404 g/mol. The van der Waals surface area contributed by atoms with Gasteiger partial charge in [-0.1, -0.05) is 0 Å². The number of nitrogens with one attached hydrogen (secondary N) is 1. The Balaban J connectivity index is 1.67.